The van der Waals surface area contributed by atoms with Crippen LogP contribution in [0, 0.1) is 17.2 Å². The van der Waals surface area contributed by atoms with Gasteiger partial charge in [-0.3, -0.25) is 4.90 Å². The van der Waals surface area contributed by atoms with Gasteiger partial charge in [0.2, 0.25) is 0 Å². The van der Waals surface area contributed by atoms with Crippen molar-refractivity contribution in [1.29, 1.82) is 5.26 Å². The zero-order valence-corrected chi connectivity index (χ0v) is 10.0. The van der Waals surface area contributed by atoms with Crippen LogP contribution in [0.2, 0.25) is 0 Å². The van der Waals surface area contributed by atoms with Crippen LogP contribution in [0.3, 0.4) is 0 Å². The molecule has 1 N–H and O–H groups in total. The lowest BCUT2D eigenvalue weighted by molar-refractivity contribution is 0.0869. The van der Waals surface area contributed by atoms with Gasteiger partial charge in [0.15, 0.2) is 0 Å². The molecule has 2 aliphatic heterocycles. The number of hydrogen-bond acceptors (Lipinski definition) is 4. The monoisotopic (exact) mass is 223 g/mol. The summed E-state index contributed by atoms with van der Waals surface area (Å²) in [6, 6.07) is 2.54. The van der Waals surface area contributed by atoms with E-state index >= 15 is 0 Å². The Hall–Kier alpha value is -0.630. The number of rotatable bonds is 2. The van der Waals surface area contributed by atoms with Gasteiger partial charge in [-0.15, -0.1) is 0 Å². The first-order chi connectivity index (χ1) is 7.77. The van der Waals surface area contributed by atoms with Gasteiger partial charge in [-0.25, -0.2) is 0 Å². The highest BCUT2D eigenvalue weighted by molar-refractivity contribution is 5.10. The average molecular weight is 223 g/mol. The fraction of sp³-hybridized carbons (Fsp3) is 0.917. The maximum atomic E-state index is 9.52. The minimum atomic E-state index is -0.345. The van der Waals surface area contributed by atoms with Crippen molar-refractivity contribution >= 4 is 0 Å². The van der Waals surface area contributed by atoms with Gasteiger partial charge in [-0.05, 0) is 26.3 Å². The van der Waals surface area contributed by atoms with E-state index in [9.17, 15) is 5.26 Å². The van der Waals surface area contributed by atoms with E-state index in [1.165, 1.54) is 0 Å². The van der Waals surface area contributed by atoms with Crippen molar-refractivity contribution in [3.8, 4) is 6.07 Å². The molecule has 2 unspecified atom stereocenters. The predicted octanol–water partition coefficient (Wildman–Crippen LogP) is 0.600. The Morgan fingerprint density at radius 3 is 3.00 bits per heavy atom. The molecule has 2 saturated heterocycles. The first kappa shape index (κ1) is 11.8. The molecule has 0 bridgehead atoms. The number of nitriles is 1. The SMILES string of the molecule is CC(C#N)(C1CCOC1)N1CCCNCC1. The van der Waals surface area contributed by atoms with Gasteiger partial charge in [-0.2, -0.15) is 5.26 Å². The van der Waals surface area contributed by atoms with Crippen LogP contribution in [0.15, 0.2) is 0 Å². The molecule has 2 rings (SSSR count). The molecule has 16 heavy (non-hydrogen) atoms. The Morgan fingerprint density at radius 2 is 2.31 bits per heavy atom. The van der Waals surface area contributed by atoms with Crippen molar-refractivity contribution in [3.05, 3.63) is 0 Å². The van der Waals surface area contributed by atoms with Crippen LogP contribution in [-0.4, -0.2) is 49.8 Å². The highest BCUT2D eigenvalue weighted by Gasteiger charge is 2.41. The van der Waals surface area contributed by atoms with E-state index in [1.54, 1.807) is 0 Å². The molecule has 90 valence electrons. The molecule has 2 heterocycles. The van der Waals surface area contributed by atoms with Gasteiger partial charge in [0.25, 0.3) is 0 Å². The standard InChI is InChI=1S/C12H21N3O/c1-12(10-13,11-3-8-16-9-11)15-6-2-4-14-5-7-15/h11,14H,2-9H2,1H3. The van der Waals surface area contributed by atoms with E-state index in [0.717, 1.165) is 52.2 Å². The van der Waals surface area contributed by atoms with E-state index in [2.05, 4.69) is 23.2 Å². The third-order valence-corrected chi connectivity index (χ3v) is 3.95. The molecule has 0 spiro atoms. The zero-order chi connectivity index (χ0) is 11.4. The van der Waals surface area contributed by atoms with Crippen LogP contribution < -0.4 is 5.32 Å². The molecular formula is C12H21N3O. The van der Waals surface area contributed by atoms with Gasteiger partial charge >= 0.3 is 0 Å². The van der Waals surface area contributed by atoms with Gasteiger partial charge < -0.3 is 10.1 Å². The third-order valence-electron chi connectivity index (χ3n) is 3.95. The fourth-order valence-corrected chi connectivity index (χ4v) is 2.71. The maximum absolute atomic E-state index is 9.52. The molecule has 4 nitrogen and oxygen atoms in total. The van der Waals surface area contributed by atoms with E-state index in [0.29, 0.717) is 5.92 Å². The molecular weight excluding hydrogens is 202 g/mol. The van der Waals surface area contributed by atoms with Gasteiger partial charge in [0.1, 0.15) is 5.54 Å². The zero-order valence-electron chi connectivity index (χ0n) is 10.0. The van der Waals surface area contributed by atoms with E-state index in [1.807, 2.05) is 0 Å². The van der Waals surface area contributed by atoms with Crippen LogP contribution in [0.1, 0.15) is 19.8 Å². The Morgan fingerprint density at radius 1 is 1.44 bits per heavy atom. The summed E-state index contributed by atoms with van der Waals surface area (Å²) in [6.07, 6.45) is 2.15. The molecule has 0 aromatic carbocycles. The second-order valence-electron chi connectivity index (χ2n) is 4.91. The molecule has 2 fully saturated rings. The van der Waals surface area contributed by atoms with Crippen LogP contribution in [0.5, 0.6) is 0 Å². The normalized spacial score (nSPS) is 31.6. The van der Waals surface area contributed by atoms with Crippen molar-refractivity contribution in [2.45, 2.75) is 25.3 Å². The largest absolute Gasteiger partial charge is 0.381 e. The minimum Gasteiger partial charge on any atom is -0.381 e. The lowest BCUT2D eigenvalue weighted by Crippen LogP contribution is -2.52. The summed E-state index contributed by atoms with van der Waals surface area (Å²) in [7, 11) is 0. The van der Waals surface area contributed by atoms with Gasteiger partial charge in [-0.1, -0.05) is 0 Å². The van der Waals surface area contributed by atoms with E-state index in [-0.39, 0.29) is 5.54 Å². The molecule has 0 amide bonds. The molecule has 0 aromatic rings. The molecule has 4 heteroatoms. The van der Waals surface area contributed by atoms with Crippen LogP contribution >= 0.6 is 0 Å². The number of nitrogens with one attached hydrogen (secondary N) is 1. The molecule has 2 atom stereocenters. The number of nitrogens with zero attached hydrogens (tertiary/aromatic N) is 2. The molecule has 0 aromatic heterocycles. The lowest BCUT2D eigenvalue weighted by Gasteiger charge is -2.38. The Kier molecular flexibility index (Phi) is 3.80. The average Bonchev–Trinajstić information content (AvgIpc) is 2.71. The van der Waals surface area contributed by atoms with Crippen molar-refractivity contribution in [1.82, 2.24) is 10.2 Å². The molecule has 0 radical (unpaired) electrons. The summed E-state index contributed by atoms with van der Waals surface area (Å²) in [4.78, 5) is 2.34. The summed E-state index contributed by atoms with van der Waals surface area (Å²) >= 11 is 0. The highest BCUT2D eigenvalue weighted by Crippen LogP contribution is 2.31. The second kappa shape index (κ2) is 5.13. The number of ether oxygens (including phenoxy) is 1. The summed E-state index contributed by atoms with van der Waals surface area (Å²) in [5.41, 5.74) is -0.345. The summed E-state index contributed by atoms with van der Waals surface area (Å²) in [6.45, 7) is 7.69. The molecule has 2 aliphatic rings. The quantitative estimate of drug-likeness (QED) is 0.745. The van der Waals surface area contributed by atoms with Crippen LogP contribution in [0.25, 0.3) is 0 Å². The summed E-state index contributed by atoms with van der Waals surface area (Å²) in [5, 5.41) is 12.9. The predicted molar refractivity (Wildman–Crippen MR) is 62.0 cm³/mol. The smallest absolute Gasteiger partial charge is 0.111 e. The van der Waals surface area contributed by atoms with E-state index in [4.69, 9.17) is 4.74 Å². The van der Waals surface area contributed by atoms with Gasteiger partial charge in [0.05, 0.1) is 12.7 Å². The molecule has 0 aliphatic carbocycles. The lowest BCUT2D eigenvalue weighted by atomic mass is 9.84. The summed E-state index contributed by atoms with van der Waals surface area (Å²) in [5.74, 6) is 0.371. The Balaban J connectivity index is 2.09. The fourth-order valence-electron chi connectivity index (χ4n) is 2.71. The van der Waals surface area contributed by atoms with E-state index < -0.39 is 0 Å². The maximum Gasteiger partial charge on any atom is 0.111 e. The minimum absolute atomic E-state index is 0.345. The van der Waals surface area contributed by atoms with Crippen LogP contribution in [-0.2, 0) is 4.74 Å². The Labute approximate surface area is 97.6 Å². The first-order valence-electron chi connectivity index (χ1n) is 6.22. The van der Waals surface area contributed by atoms with Crippen molar-refractivity contribution in [3.63, 3.8) is 0 Å². The number of hydrogen-bond donors (Lipinski definition) is 1. The Bertz CT molecular complexity index is 262. The van der Waals surface area contributed by atoms with Crippen molar-refractivity contribution in [2.75, 3.05) is 39.4 Å². The second-order valence-corrected chi connectivity index (χ2v) is 4.91. The topological polar surface area (TPSA) is 48.3 Å². The first-order valence-corrected chi connectivity index (χ1v) is 6.22. The van der Waals surface area contributed by atoms with Crippen molar-refractivity contribution in [2.24, 2.45) is 5.92 Å². The molecule has 0 saturated carbocycles. The summed E-state index contributed by atoms with van der Waals surface area (Å²) < 4.78 is 5.43. The van der Waals surface area contributed by atoms with Crippen LogP contribution in [0.4, 0.5) is 0 Å². The highest BCUT2D eigenvalue weighted by atomic mass is 16.5. The van der Waals surface area contributed by atoms with Crippen molar-refractivity contribution < 1.29 is 4.74 Å². The third kappa shape index (κ3) is 2.22. The van der Waals surface area contributed by atoms with Gasteiger partial charge in [0, 0.05) is 32.2 Å².